The number of rotatable bonds is 2. The van der Waals surface area contributed by atoms with Gasteiger partial charge in [-0.05, 0) is 32.2 Å². The standard InChI is InChI=1S/C12H22N4O3/c13-14-11(17)9-2-1-5-16(8-9)10-3-6-15(7-4-10)12(18)19/h9-10H,1-8,13H2,(H,14,17)(H,18,19). The summed E-state index contributed by atoms with van der Waals surface area (Å²) in [4.78, 5) is 26.2. The second-order valence-corrected chi connectivity index (χ2v) is 5.34. The lowest BCUT2D eigenvalue weighted by Gasteiger charge is -2.41. The molecule has 0 saturated carbocycles. The summed E-state index contributed by atoms with van der Waals surface area (Å²) in [6.07, 6.45) is 2.74. The van der Waals surface area contributed by atoms with Crippen molar-refractivity contribution in [2.75, 3.05) is 26.2 Å². The van der Waals surface area contributed by atoms with Gasteiger partial charge in [0.25, 0.3) is 0 Å². The first-order valence-corrected chi connectivity index (χ1v) is 6.84. The van der Waals surface area contributed by atoms with Gasteiger partial charge in [-0.1, -0.05) is 0 Å². The number of hydrogen-bond donors (Lipinski definition) is 3. The van der Waals surface area contributed by atoms with E-state index in [4.69, 9.17) is 10.9 Å². The minimum Gasteiger partial charge on any atom is -0.465 e. The SMILES string of the molecule is NNC(=O)C1CCCN(C2CCN(C(=O)O)CC2)C1. The maximum atomic E-state index is 11.6. The van der Waals surface area contributed by atoms with Crippen LogP contribution in [0.2, 0.25) is 0 Å². The van der Waals surface area contributed by atoms with Crippen LogP contribution in [0.5, 0.6) is 0 Å². The Kier molecular flexibility index (Phi) is 4.60. The third kappa shape index (κ3) is 3.36. The molecule has 1 unspecified atom stereocenters. The Morgan fingerprint density at radius 3 is 2.42 bits per heavy atom. The maximum Gasteiger partial charge on any atom is 0.407 e. The summed E-state index contributed by atoms with van der Waals surface area (Å²) in [5.74, 6) is 5.07. The summed E-state index contributed by atoms with van der Waals surface area (Å²) < 4.78 is 0. The number of nitrogens with one attached hydrogen (secondary N) is 1. The molecule has 2 saturated heterocycles. The molecule has 0 aliphatic carbocycles. The molecule has 0 radical (unpaired) electrons. The van der Waals surface area contributed by atoms with E-state index in [2.05, 4.69) is 10.3 Å². The highest BCUT2D eigenvalue weighted by molar-refractivity contribution is 5.78. The third-order valence-corrected chi connectivity index (χ3v) is 4.22. The number of likely N-dealkylation sites (tertiary alicyclic amines) is 2. The van der Waals surface area contributed by atoms with Gasteiger partial charge >= 0.3 is 6.09 Å². The van der Waals surface area contributed by atoms with Crippen molar-refractivity contribution in [2.24, 2.45) is 11.8 Å². The minimum atomic E-state index is -0.836. The average molecular weight is 270 g/mol. The summed E-state index contributed by atoms with van der Waals surface area (Å²) in [5.41, 5.74) is 2.23. The van der Waals surface area contributed by atoms with Crippen LogP contribution in [0.15, 0.2) is 0 Å². The van der Waals surface area contributed by atoms with Crippen molar-refractivity contribution in [1.29, 1.82) is 0 Å². The van der Waals surface area contributed by atoms with E-state index in [1.807, 2.05) is 0 Å². The third-order valence-electron chi connectivity index (χ3n) is 4.22. The first-order chi connectivity index (χ1) is 9.11. The van der Waals surface area contributed by atoms with Gasteiger partial charge in [-0.25, -0.2) is 10.6 Å². The van der Waals surface area contributed by atoms with Crippen LogP contribution in [0.4, 0.5) is 4.79 Å². The molecule has 7 heteroatoms. The van der Waals surface area contributed by atoms with E-state index in [1.165, 1.54) is 4.90 Å². The summed E-state index contributed by atoms with van der Waals surface area (Å²) >= 11 is 0. The average Bonchev–Trinajstić information content (AvgIpc) is 2.46. The van der Waals surface area contributed by atoms with Gasteiger partial charge in [0.05, 0.1) is 5.92 Å². The molecular formula is C12H22N4O3. The van der Waals surface area contributed by atoms with Crippen LogP contribution >= 0.6 is 0 Å². The monoisotopic (exact) mass is 270 g/mol. The highest BCUT2D eigenvalue weighted by Crippen LogP contribution is 2.23. The van der Waals surface area contributed by atoms with Crippen LogP contribution in [-0.2, 0) is 4.79 Å². The molecule has 7 nitrogen and oxygen atoms in total. The molecule has 0 aromatic rings. The number of amides is 2. The Morgan fingerprint density at radius 2 is 1.84 bits per heavy atom. The van der Waals surface area contributed by atoms with Gasteiger partial charge in [0, 0.05) is 25.7 Å². The van der Waals surface area contributed by atoms with E-state index < -0.39 is 6.09 Å². The number of nitrogens with zero attached hydrogens (tertiary/aromatic N) is 2. The Hall–Kier alpha value is -1.34. The largest absolute Gasteiger partial charge is 0.465 e. The minimum absolute atomic E-state index is 0.0312. The number of carboxylic acid groups (broad SMARTS) is 1. The van der Waals surface area contributed by atoms with E-state index in [0.717, 1.165) is 38.8 Å². The molecule has 108 valence electrons. The number of nitrogens with two attached hydrogens (primary N) is 1. The predicted octanol–water partition coefficient (Wildman–Crippen LogP) is -0.169. The fraction of sp³-hybridized carbons (Fsp3) is 0.833. The summed E-state index contributed by atoms with van der Waals surface area (Å²) in [6, 6.07) is 0.393. The first-order valence-electron chi connectivity index (χ1n) is 6.84. The normalized spacial score (nSPS) is 26.2. The Morgan fingerprint density at radius 1 is 1.16 bits per heavy atom. The lowest BCUT2D eigenvalue weighted by molar-refractivity contribution is -0.127. The van der Waals surface area contributed by atoms with Crippen molar-refractivity contribution < 1.29 is 14.7 Å². The van der Waals surface area contributed by atoms with E-state index in [1.54, 1.807) is 0 Å². The topological polar surface area (TPSA) is 98.9 Å². The quantitative estimate of drug-likeness (QED) is 0.367. The Balaban J connectivity index is 1.85. The van der Waals surface area contributed by atoms with Crippen LogP contribution in [0.1, 0.15) is 25.7 Å². The van der Waals surface area contributed by atoms with Gasteiger partial charge in [-0.15, -0.1) is 0 Å². The number of piperidine rings is 2. The molecule has 2 heterocycles. The summed E-state index contributed by atoms with van der Waals surface area (Å²) in [5, 5.41) is 8.93. The first kappa shape index (κ1) is 14.1. The van der Waals surface area contributed by atoms with Crippen molar-refractivity contribution in [3.05, 3.63) is 0 Å². The highest BCUT2D eigenvalue weighted by atomic mass is 16.4. The second kappa shape index (κ2) is 6.21. The maximum absolute atomic E-state index is 11.6. The van der Waals surface area contributed by atoms with Gasteiger partial charge in [0.2, 0.25) is 5.91 Å². The molecule has 1 atom stereocenters. The van der Waals surface area contributed by atoms with E-state index in [9.17, 15) is 9.59 Å². The van der Waals surface area contributed by atoms with Crippen LogP contribution in [0.25, 0.3) is 0 Å². The number of carbonyl (C=O) groups excluding carboxylic acids is 1. The zero-order chi connectivity index (χ0) is 13.8. The molecule has 2 rings (SSSR count). The van der Waals surface area contributed by atoms with Gasteiger partial charge < -0.3 is 10.0 Å². The molecule has 0 bridgehead atoms. The fourth-order valence-corrected chi connectivity index (χ4v) is 3.09. The highest BCUT2D eigenvalue weighted by Gasteiger charge is 2.32. The molecule has 2 aliphatic rings. The van der Waals surface area contributed by atoms with E-state index in [-0.39, 0.29) is 11.8 Å². The predicted molar refractivity (Wildman–Crippen MR) is 69.2 cm³/mol. The Bertz CT molecular complexity index is 342. The van der Waals surface area contributed by atoms with Crippen LogP contribution < -0.4 is 11.3 Å². The Labute approximate surface area is 112 Å². The lowest BCUT2D eigenvalue weighted by Crippen LogP contribution is -2.52. The molecule has 0 aromatic carbocycles. The van der Waals surface area contributed by atoms with Crippen LogP contribution in [-0.4, -0.2) is 59.1 Å². The molecule has 2 amide bonds. The molecule has 4 N–H and O–H groups in total. The molecule has 19 heavy (non-hydrogen) atoms. The molecule has 0 aromatic heterocycles. The smallest absolute Gasteiger partial charge is 0.407 e. The molecule has 2 fully saturated rings. The summed E-state index contributed by atoms with van der Waals surface area (Å²) in [6.45, 7) is 2.90. The summed E-state index contributed by atoms with van der Waals surface area (Å²) in [7, 11) is 0. The van der Waals surface area contributed by atoms with E-state index >= 15 is 0 Å². The van der Waals surface area contributed by atoms with E-state index in [0.29, 0.717) is 19.1 Å². The van der Waals surface area contributed by atoms with Gasteiger partial charge in [-0.3, -0.25) is 15.1 Å². The number of hydrazine groups is 1. The molecular weight excluding hydrogens is 248 g/mol. The van der Waals surface area contributed by atoms with Gasteiger partial charge in [0.1, 0.15) is 0 Å². The molecule has 0 spiro atoms. The van der Waals surface area contributed by atoms with Crippen LogP contribution in [0, 0.1) is 5.92 Å². The van der Waals surface area contributed by atoms with Gasteiger partial charge in [0.15, 0.2) is 0 Å². The number of carbonyl (C=O) groups is 2. The zero-order valence-corrected chi connectivity index (χ0v) is 11.0. The van der Waals surface area contributed by atoms with Gasteiger partial charge in [-0.2, -0.15) is 0 Å². The van der Waals surface area contributed by atoms with Crippen LogP contribution in [0.3, 0.4) is 0 Å². The zero-order valence-electron chi connectivity index (χ0n) is 11.0. The fourth-order valence-electron chi connectivity index (χ4n) is 3.09. The molecule has 2 aliphatic heterocycles. The van der Waals surface area contributed by atoms with Crippen molar-refractivity contribution in [2.45, 2.75) is 31.7 Å². The number of hydrogen-bond acceptors (Lipinski definition) is 4. The van der Waals surface area contributed by atoms with Crippen molar-refractivity contribution in [3.8, 4) is 0 Å². The lowest BCUT2D eigenvalue weighted by atomic mass is 9.93. The second-order valence-electron chi connectivity index (χ2n) is 5.34. The van der Waals surface area contributed by atoms with Crippen molar-refractivity contribution in [1.82, 2.24) is 15.2 Å². The van der Waals surface area contributed by atoms with Crippen molar-refractivity contribution >= 4 is 12.0 Å². The van der Waals surface area contributed by atoms with Crippen molar-refractivity contribution in [3.63, 3.8) is 0 Å².